The van der Waals surface area contributed by atoms with Gasteiger partial charge in [0, 0.05) is 22.2 Å². The van der Waals surface area contributed by atoms with Gasteiger partial charge < -0.3 is 9.13 Å². The first-order chi connectivity index (χ1) is 29.3. The largest absolute Gasteiger partial charge is 0.370 e. The van der Waals surface area contributed by atoms with Crippen molar-refractivity contribution in [2.45, 2.75) is 118 Å². The molecule has 0 saturated heterocycles. The van der Waals surface area contributed by atoms with Crippen LogP contribution in [0.3, 0.4) is 0 Å². The molecule has 0 radical (unpaired) electrons. The molecule has 62 heavy (non-hydrogen) atoms. The van der Waals surface area contributed by atoms with Crippen molar-refractivity contribution in [1.82, 2.24) is 9.13 Å². The Hall–Kier alpha value is -5.31. The van der Waals surface area contributed by atoms with Crippen molar-refractivity contribution in [3.63, 3.8) is 0 Å². The van der Waals surface area contributed by atoms with E-state index in [1.54, 1.807) is 0 Å². The number of amidine groups is 2. The topological polar surface area (TPSA) is 31.2 Å². The molecule has 3 aliphatic rings. The van der Waals surface area contributed by atoms with Crippen molar-refractivity contribution in [3.05, 3.63) is 179 Å². The Kier molecular flexibility index (Phi) is 9.92. The quantitative estimate of drug-likeness (QED) is 0.0950. The summed E-state index contributed by atoms with van der Waals surface area (Å²) in [4.78, 5) is 11.9. The van der Waals surface area contributed by atoms with Crippen molar-refractivity contribution < 1.29 is 0 Å². The molecule has 1 aliphatic carbocycles. The van der Waals surface area contributed by atoms with E-state index in [0.29, 0.717) is 0 Å². The lowest BCUT2D eigenvalue weighted by atomic mass is 10.0. The van der Waals surface area contributed by atoms with Gasteiger partial charge in [0.1, 0.15) is 11.7 Å². The summed E-state index contributed by atoms with van der Waals surface area (Å²) in [6, 6.07) is 55.5. The molecular formula is C56H64N4Si2. The summed E-state index contributed by atoms with van der Waals surface area (Å²) < 4.78 is 5.96. The Balaban J connectivity index is 1.61. The molecule has 0 unspecified atom stereocenters. The van der Waals surface area contributed by atoms with Crippen molar-refractivity contribution in [3.8, 4) is 0 Å². The minimum atomic E-state index is -3.39. The van der Waals surface area contributed by atoms with Crippen LogP contribution in [-0.2, 0) is 12.8 Å². The van der Waals surface area contributed by atoms with Crippen molar-refractivity contribution in [2.24, 2.45) is 9.98 Å². The highest BCUT2D eigenvalue weighted by molar-refractivity contribution is 7.69. The molecule has 0 N–H and O–H groups in total. The van der Waals surface area contributed by atoms with Crippen molar-refractivity contribution in [2.75, 3.05) is 0 Å². The van der Waals surface area contributed by atoms with Gasteiger partial charge in [0.25, 0.3) is 0 Å². The molecule has 316 valence electrons. The Bertz CT molecular complexity index is 2580. The molecule has 2 heterocycles. The normalized spacial score (nSPS) is 20.1. The molecule has 6 heteroatoms. The van der Waals surface area contributed by atoms with Crippen LogP contribution in [0.5, 0.6) is 0 Å². The second-order valence-electron chi connectivity index (χ2n) is 21.7. The predicted octanol–water partition coefficient (Wildman–Crippen LogP) is 11.7. The Labute approximate surface area is 373 Å². The highest BCUT2D eigenvalue weighted by Crippen LogP contribution is 2.62. The maximum atomic E-state index is 5.95. The lowest BCUT2D eigenvalue weighted by Gasteiger charge is -2.69. The highest BCUT2D eigenvalue weighted by Gasteiger charge is 2.82. The number of rotatable bonds is 6. The summed E-state index contributed by atoms with van der Waals surface area (Å²) in [6.07, 6.45) is 2.16. The smallest absolute Gasteiger partial charge is 0.245 e. The molecule has 0 spiro atoms. The van der Waals surface area contributed by atoms with Crippen LogP contribution >= 0.6 is 0 Å². The number of aryl methyl sites for hydroxylation is 2. The van der Waals surface area contributed by atoms with Gasteiger partial charge in [-0.2, -0.15) is 0 Å². The average molecular weight is 849 g/mol. The second-order valence-corrected chi connectivity index (χ2v) is 31.8. The summed E-state index contributed by atoms with van der Waals surface area (Å²) in [5.74, 6) is 2.16. The fourth-order valence-electron chi connectivity index (χ4n) is 11.2. The third-order valence-electron chi connectivity index (χ3n) is 12.8. The van der Waals surface area contributed by atoms with Crippen LogP contribution < -0.4 is 10.4 Å². The summed E-state index contributed by atoms with van der Waals surface area (Å²) in [5.41, 5.74) is 6.43. The van der Waals surface area contributed by atoms with Crippen LogP contribution in [0.4, 0.5) is 0 Å². The first-order valence-electron chi connectivity index (χ1n) is 22.7. The zero-order valence-electron chi connectivity index (χ0n) is 39.1. The standard InChI is InChI=1S/C56H64N4Si2/c1-53(2,3)57-51(43-29-21-15-22-30-43)59(55(7,8)9)61-45-37-35-39-33-34-40-36-38-46(48(45)47(39)40)62(61,50(42-27-19-14-20-28-42)49(61)41-25-17-13-18-26-41)60(56(10,11)12)52(58-54(4,5)6)44-31-23-16-24-32-44/h13-32,35-38H,33-34H2,1-12H3/t61-,62+. The minimum absolute atomic E-state index is 0.361. The Morgan fingerprint density at radius 2 is 0.726 bits per heavy atom. The van der Waals surface area contributed by atoms with Crippen LogP contribution in [0.1, 0.15) is 116 Å². The summed E-state index contributed by atoms with van der Waals surface area (Å²) >= 11 is 0. The summed E-state index contributed by atoms with van der Waals surface area (Å²) in [6.45, 7) is 28.3. The van der Waals surface area contributed by atoms with Crippen LogP contribution in [-0.4, -0.2) is 58.5 Å². The van der Waals surface area contributed by atoms with Crippen molar-refractivity contribution in [1.29, 1.82) is 0 Å². The van der Waals surface area contributed by atoms with Crippen LogP contribution in [0.2, 0.25) is 0 Å². The fourth-order valence-corrected chi connectivity index (χ4v) is 34.2. The van der Waals surface area contributed by atoms with E-state index in [0.717, 1.165) is 35.6 Å². The number of hydrogen-bond acceptors (Lipinski definition) is 2. The molecule has 0 bridgehead atoms. The minimum Gasteiger partial charge on any atom is -0.370 e. The summed E-state index contributed by atoms with van der Waals surface area (Å²) in [7, 11) is -6.77. The molecule has 6 aromatic carbocycles. The molecule has 0 fully saturated rings. The molecule has 6 aromatic rings. The number of benzene rings is 6. The number of hydrogen-bond donors (Lipinski definition) is 0. The third kappa shape index (κ3) is 6.42. The van der Waals surface area contributed by atoms with Crippen LogP contribution in [0, 0.1) is 0 Å². The SMILES string of the molecule is CC(C)(C)N=C(c1ccccc1)N(C(C)(C)C)[Si@@]12C(c3ccccc3)=C(c3ccccc3)[Si@]1(N(C(=NC(C)(C)C)c1ccccc1)C(C)(C)C)c1ccc3c4c(ccc2c14)CC3. The van der Waals surface area contributed by atoms with E-state index in [-0.39, 0.29) is 22.2 Å². The Morgan fingerprint density at radius 1 is 0.403 bits per heavy atom. The van der Waals surface area contributed by atoms with Crippen LogP contribution in [0.25, 0.3) is 21.2 Å². The molecule has 2 aliphatic heterocycles. The van der Waals surface area contributed by atoms with Crippen LogP contribution in [0.15, 0.2) is 156 Å². The predicted molar refractivity (Wildman–Crippen MR) is 270 cm³/mol. The first kappa shape index (κ1) is 42.0. The van der Waals surface area contributed by atoms with E-state index in [1.165, 1.54) is 53.8 Å². The van der Waals surface area contributed by atoms with Gasteiger partial charge in [0.15, 0.2) is 0 Å². The molecule has 0 aromatic heterocycles. The molecule has 0 amide bonds. The van der Waals surface area contributed by atoms with Crippen molar-refractivity contribution >= 4 is 58.7 Å². The van der Waals surface area contributed by atoms with Gasteiger partial charge in [-0.1, -0.05) is 146 Å². The summed E-state index contributed by atoms with van der Waals surface area (Å²) in [5, 5.41) is 9.08. The molecule has 9 rings (SSSR count). The van der Waals surface area contributed by atoms with E-state index in [2.05, 4.69) is 238 Å². The van der Waals surface area contributed by atoms with Gasteiger partial charge in [-0.05, 0) is 150 Å². The van der Waals surface area contributed by atoms with Gasteiger partial charge in [-0.3, -0.25) is 9.98 Å². The number of nitrogens with zero attached hydrogens (tertiary/aromatic N) is 4. The number of aliphatic imine (C=N–C) groups is 2. The lowest BCUT2D eigenvalue weighted by molar-refractivity contribution is 0.333. The van der Waals surface area contributed by atoms with E-state index < -0.39 is 15.5 Å². The second kappa shape index (κ2) is 14.6. The van der Waals surface area contributed by atoms with Gasteiger partial charge in [0.2, 0.25) is 15.5 Å². The van der Waals surface area contributed by atoms with E-state index >= 15 is 0 Å². The molecular weight excluding hydrogens is 785 g/mol. The van der Waals surface area contributed by atoms with Gasteiger partial charge in [-0.25, -0.2) is 0 Å². The zero-order valence-corrected chi connectivity index (χ0v) is 41.1. The van der Waals surface area contributed by atoms with E-state index in [4.69, 9.17) is 9.98 Å². The van der Waals surface area contributed by atoms with Gasteiger partial charge in [-0.15, -0.1) is 0 Å². The monoisotopic (exact) mass is 848 g/mol. The zero-order chi connectivity index (χ0) is 44.0. The van der Waals surface area contributed by atoms with E-state index in [1.807, 2.05) is 0 Å². The fraction of sp³-hybridized carbons (Fsp3) is 0.321. The third-order valence-corrected chi connectivity index (χ3v) is 29.7. The molecule has 4 nitrogen and oxygen atoms in total. The average Bonchev–Trinajstić information content (AvgIpc) is 3.71. The lowest BCUT2D eigenvalue weighted by Crippen LogP contribution is -2.94. The van der Waals surface area contributed by atoms with Gasteiger partial charge >= 0.3 is 0 Å². The Morgan fingerprint density at radius 3 is 1.03 bits per heavy atom. The maximum Gasteiger partial charge on any atom is 0.245 e. The molecule has 0 saturated carbocycles. The maximum absolute atomic E-state index is 5.95. The highest BCUT2D eigenvalue weighted by atomic mass is 29.3. The van der Waals surface area contributed by atoms with Gasteiger partial charge in [0.05, 0.1) is 11.1 Å². The number of fused-ring (bicyclic) bond motifs is 3. The van der Waals surface area contributed by atoms with E-state index in [9.17, 15) is 0 Å². The first-order valence-corrected chi connectivity index (χ1v) is 27.6. The molecule has 2 atom stereocenters.